The molecule has 0 amide bonds. The van der Waals surface area contributed by atoms with E-state index in [4.69, 9.17) is 10.00 Å². The van der Waals surface area contributed by atoms with E-state index in [0.717, 1.165) is 4.47 Å². The van der Waals surface area contributed by atoms with E-state index in [9.17, 15) is 8.42 Å². The van der Waals surface area contributed by atoms with Crippen LogP contribution in [0.3, 0.4) is 0 Å². The molecule has 0 spiro atoms. The first kappa shape index (κ1) is 14.0. The molecule has 17 heavy (non-hydrogen) atoms. The molecule has 0 fully saturated rings. The second kappa shape index (κ2) is 6.03. The quantitative estimate of drug-likeness (QED) is 0.834. The highest BCUT2D eigenvalue weighted by atomic mass is 79.9. The van der Waals surface area contributed by atoms with Gasteiger partial charge in [-0.3, -0.25) is 0 Å². The first-order valence-electron chi connectivity index (χ1n) is 5.01. The summed E-state index contributed by atoms with van der Waals surface area (Å²) in [6.45, 7) is 1.65. The number of nitrogens with zero attached hydrogens (tertiary/aromatic N) is 1. The maximum absolute atomic E-state index is 11.2. The number of hydrogen-bond acceptors (Lipinski definition) is 4. The maximum atomic E-state index is 11.2. The zero-order chi connectivity index (χ0) is 12.9. The van der Waals surface area contributed by atoms with Gasteiger partial charge in [-0.2, -0.15) is 5.26 Å². The molecule has 0 aliphatic heterocycles. The van der Waals surface area contributed by atoms with Crippen molar-refractivity contribution >= 4 is 25.8 Å². The minimum absolute atomic E-state index is 0.0373. The molecular weight excluding hydrogens is 306 g/mol. The molecule has 92 valence electrons. The van der Waals surface area contributed by atoms with Crippen LogP contribution in [0.5, 0.6) is 5.75 Å². The van der Waals surface area contributed by atoms with Crippen LogP contribution in [0.25, 0.3) is 0 Å². The van der Waals surface area contributed by atoms with E-state index in [1.807, 2.05) is 6.07 Å². The highest BCUT2D eigenvalue weighted by molar-refractivity contribution is 9.10. The number of hydrogen-bond donors (Lipinski definition) is 0. The molecule has 0 heterocycles. The Morgan fingerprint density at radius 2 is 2.18 bits per heavy atom. The first-order valence-corrected chi connectivity index (χ1v) is 7.63. The van der Waals surface area contributed by atoms with Crippen molar-refractivity contribution in [3.63, 3.8) is 0 Å². The summed E-state index contributed by atoms with van der Waals surface area (Å²) in [5.74, 6) is 0.466. The third kappa shape index (κ3) is 4.36. The predicted octanol–water partition coefficient (Wildman–Crippen LogP) is 2.13. The Labute approximate surface area is 109 Å². The molecule has 4 nitrogen and oxygen atoms in total. The van der Waals surface area contributed by atoms with Gasteiger partial charge < -0.3 is 4.74 Å². The number of halogens is 1. The second-order valence-corrected chi connectivity index (χ2v) is 6.73. The molecule has 0 aromatic heterocycles. The van der Waals surface area contributed by atoms with Gasteiger partial charge in [0.25, 0.3) is 0 Å². The Morgan fingerprint density at radius 1 is 1.47 bits per heavy atom. The minimum Gasteiger partial charge on any atom is -0.491 e. The summed E-state index contributed by atoms with van der Waals surface area (Å²) in [5.41, 5.74) is 0.383. The van der Waals surface area contributed by atoms with Gasteiger partial charge >= 0.3 is 0 Å². The number of benzene rings is 1. The lowest BCUT2D eigenvalue weighted by Crippen LogP contribution is -2.15. The third-order valence-corrected chi connectivity index (χ3v) is 4.32. The summed E-state index contributed by atoms with van der Waals surface area (Å²) in [7, 11) is -3.03. The second-order valence-electron chi connectivity index (χ2n) is 3.34. The average Bonchev–Trinajstić information content (AvgIpc) is 2.30. The highest BCUT2D eigenvalue weighted by Gasteiger charge is 2.09. The molecule has 0 saturated heterocycles. The van der Waals surface area contributed by atoms with Crippen molar-refractivity contribution in [2.24, 2.45) is 0 Å². The molecule has 1 rings (SSSR count). The average molecular weight is 318 g/mol. The van der Waals surface area contributed by atoms with Gasteiger partial charge in [-0.15, -0.1) is 0 Å². The SMILES string of the molecule is CCS(=O)(=O)CCOc1ccc(Br)cc1C#N. The number of ether oxygens (including phenoxy) is 1. The van der Waals surface area contributed by atoms with E-state index in [2.05, 4.69) is 15.9 Å². The van der Waals surface area contributed by atoms with Crippen LogP contribution in [0.4, 0.5) is 0 Å². The molecular formula is C11H12BrNO3S. The van der Waals surface area contributed by atoms with Crippen molar-refractivity contribution in [3.05, 3.63) is 28.2 Å². The fourth-order valence-corrected chi connectivity index (χ4v) is 2.13. The zero-order valence-electron chi connectivity index (χ0n) is 9.31. The number of rotatable bonds is 5. The van der Waals surface area contributed by atoms with E-state index in [-0.39, 0.29) is 18.1 Å². The van der Waals surface area contributed by atoms with Crippen molar-refractivity contribution in [1.29, 1.82) is 5.26 Å². The molecule has 0 radical (unpaired) electrons. The third-order valence-electron chi connectivity index (χ3n) is 2.15. The molecule has 0 atom stereocenters. The van der Waals surface area contributed by atoms with E-state index >= 15 is 0 Å². The van der Waals surface area contributed by atoms with Crippen LogP contribution in [0, 0.1) is 11.3 Å². The van der Waals surface area contributed by atoms with Crippen LogP contribution >= 0.6 is 15.9 Å². The number of nitriles is 1. The van der Waals surface area contributed by atoms with E-state index in [1.165, 1.54) is 0 Å². The Balaban J connectivity index is 2.68. The van der Waals surface area contributed by atoms with Gasteiger partial charge in [-0.05, 0) is 18.2 Å². The fourth-order valence-electron chi connectivity index (χ4n) is 1.14. The van der Waals surface area contributed by atoms with Crippen LogP contribution in [0.15, 0.2) is 22.7 Å². The summed E-state index contributed by atoms with van der Waals surface area (Å²) in [6.07, 6.45) is 0. The van der Waals surface area contributed by atoms with Crippen molar-refractivity contribution < 1.29 is 13.2 Å². The lowest BCUT2D eigenvalue weighted by molar-refractivity contribution is 0.340. The smallest absolute Gasteiger partial charge is 0.153 e. The molecule has 0 N–H and O–H groups in total. The molecule has 0 saturated carbocycles. The molecule has 1 aromatic rings. The Hall–Kier alpha value is -1.06. The summed E-state index contributed by atoms with van der Waals surface area (Å²) in [5, 5.41) is 8.88. The summed E-state index contributed by atoms with van der Waals surface area (Å²) in [4.78, 5) is 0. The van der Waals surface area contributed by atoms with Gasteiger partial charge in [0.15, 0.2) is 9.84 Å². The lowest BCUT2D eigenvalue weighted by atomic mass is 10.2. The standard InChI is InChI=1S/C11H12BrNO3S/c1-2-17(14,15)6-5-16-11-4-3-10(12)7-9(11)8-13/h3-4,7H,2,5-6H2,1H3. The van der Waals surface area contributed by atoms with E-state index in [1.54, 1.807) is 25.1 Å². The molecule has 6 heteroatoms. The van der Waals surface area contributed by atoms with Gasteiger partial charge in [0.1, 0.15) is 18.4 Å². The number of sulfone groups is 1. The normalized spacial score (nSPS) is 10.9. The van der Waals surface area contributed by atoms with Crippen molar-refractivity contribution in [1.82, 2.24) is 0 Å². The van der Waals surface area contributed by atoms with E-state index < -0.39 is 9.84 Å². The molecule has 0 aliphatic rings. The maximum Gasteiger partial charge on any atom is 0.153 e. The fraction of sp³-hybridized carbons (Fsp3) is 0.364. The van der Waals surface area contributed by atoms with Crippen LogP contribution in [0.1, 0.15) is 12.5 Å². The van der Waals surface area contributed by atoms with Gasteiger partial charge in [0.2, 0.25) is 0 Å². The summed E-state index contributed by atoms with van der Waals surface area (Å²) >= 11 is 3.25. The largest absolute Gasteiger partial charge is 0.491 e. The Bertz CT molecular complexity index is 534. The predicted molar refractivity (Wildman–Crippen MR) is 68.7 cm³/mol. The van der Waals surface area contributed by atoms with Gasteiger partial charge in [-0.1, -0.05) is 22.9 Å². The van der Waals surface area contributed by atoms with Crippen molar-refractivity contribution in [2.45, 2.75) is 6.92 Å². The lowest BCUT2D eigenvalue weighted by Gasteiger charge is -2.07. The summed E-state index contributed by atoms with van der Waals surface area (Å²) in [6, 6.07) is 7.00. The highest BCUT2D eigenvalue weighted by Crippen LogP contribution is 2.22. The van der Waals surface area contributed by atoms with Crippen molar-refractivity contribution in [3.8, 4) is 11.8 Å². The molecule has 0 bridgehead atoms. The Morgan fingerprint density at radius 3 is 2.76 bits per heavy atom. The molecule has 1 aromatic carbocycles. The van der Waals surface area contributed by atoms with Gasteiger partial charge in [0.05, 0.1) is 11.3 Å². The van der Waals surface area contributed by atoms with Crippen LogP contribution in [-0.4, -0.2) is 26.5 Å². The molecule has 0 aliphatic carbocycles. The Kier molecular flexibility index (Phi) is 4.97. The minimum atomic E-state index is -3.03. The van der Waals surface area contributed by atoms with Gasteiger partial charge in [-0.25, -0.2) is 8.42 Å². The van der Waals surface area contributed by atoms with Crippen LogP contribution < -0.4 is 4.74 Å². The first-order chi connectivity index (χ1) is 7.98. The van der Waals surface area contributed by atoms with Crippen LogP contribution in [0.2, 0.25) is 0 Å². The van der Waals surface area contributed by atoms with Gasteiger partial charge in [0, 0.05) is 10.2 Å². The summed E-state index contributed by atoms with van der Waals surface area (Å²) < 4.78 is 28.6. The van der Waals surface area contributed by atoms with Crippen molar-refractivity contribution in [2.75, 3.05) is 18.1 Å². The monoisotopic (exact) mass is 317 g/mol. The molecule has 0 unspecified atom stereocenters. The van der Waals surface area contributed by atoms with E-state index in [0.29, 0.717) is 11.3 Å². The van der Waals surface area contributed by atoms with Crippen LogP contribution in [-0.2, 0) is 9.84 Å². The zero-order valence-corrected chi connectivity index (χ0v) is 11.7. The topological polar surface area (TPSA) is 67.2 Å².